The van der Waals surface area contributed by atoms with Crippen molar-refractivity contribution < 1.29 is 4.79 Å². The van der Waals surface area contributed by atoms with Crippen molar-refractivity contribution in [3.63, 3.8) is 0 Å². The Balaban J connectivity index is 2.43. The quantitative estimate of drug-likeness (QED) is 0.648. The van der Waals surface area contributed by atoms with Crippen molar-refractivity contribution in [1.29, 1.82) is 0 Å². The number of amides is 1. The molecule has 1 heterocycles. The molecule has 1 rings (SSSR count). The predicted octanol–water partition coefficient (Wildman–Crippen LogP) is 0.511. The molecule has 0 spiro atoms. The molecule has 70 valence electrons. The van der Waals surface area contributed by atoms with Gasteiger partial charge in [-0.3, -0.25) is 4.79 Å². The van der Waals surface area contributed by atoms with E-state index < -0.39 is 0 Å². The van der Waals surface area contributed by atoms with Gasteiger partial charge in [0.15, 0.2) is 0 Å². The average molecular weight is 170 g/mol. The highest BCUT2D eigenvalue weighted by molar-refractivity contribution is 5.84. The molecule has 1 amide bonds. The molecule has 2 N–H and O–H groups in total. The summed E-state index contributed by atoms with van der Waals surface area (Å²) in [5.41, 5.74) is -0.176. The molecular weight excluding hydrogens is 152 g/mol. The Morgan fingerprint density at radius 2 is 2.33 bits per heavy atom. The molecular formula is C9H18N2O. The van der Waals surface area contributed by atoms with E-state index in [2.05, 4.69) is 24.5 Å². The van der Waals surface area contributed by atoms with Crippen LogP contribution in [0.2, 0.25) is 0 Å². The van der Waals surface area contributed by atoms with Gasteiger partial charge in [-0.05, 0) is 13.3 Å². The molecule has 0 bridgehead atoms. The summed E-state index contributed by atoms with van der Waals surface area (Å²) in [4.78, 5) is 11.4. The van der Waals surface area contributed by atoms with Crippen molar-refractivity contribution >= 4 is 5.91 Å². The SMILES string of the molecule is CC(C)NCC1(C)CCNC1=O. The van der Waals surface area contributed by atoms with Crippen molar-refractivity contribution in [2.45, 2.75) is 33.2 Å². The van der Waals surface area contributed by atoms with Gasteiger partial charge in [-0.1, -0.05) is 13.8 Å². The molecule has 1 atom stereocenters. The van der Waals surface area contributed by atoms with Gasteiger partial charge in [0.2, 0.25) is 5.91 Å². The van der Waals surface area contributed by atoms with Gasteiger partial charge in [0.05, 0.1) is 5.41 Å². The Bertz CT molecular complexity index is 179. The van der Waals surface area contributed by atoms with Crippen molar-refractivity contribution in [1.82, 2.24) is 10.6 Å². The lowest BCUT2D eigenvalue weighted by atomic mass is 9.89. The first-order valence-electron chi connectivity index (χ1n) is 4.56. The van der Waals surface area contributed by atoms with Crippen LogP contribution in [0, 0.1) is 5.41 Å². The summed E-state index contributed by atoms with van der Waals surface area (Å²) in [5, 5.41) is 6.15. The van der Waals surface area contributed by atoms with Gasteiger partial charge in [0, 0.05) is 19.1 Å². The fourth-order valence-corrected chi connectivity index (χ4v) is 1.38. The fraction of sp³-hybridized carbons (Fsp3) is 0.889. The molecule has 12 heavy (non-hydrogen) atoms. The monoisotopic (exact) mass is 170 g/mol. The minimum atomic E-state index is -0.176. The normalized spacial score (nSPS) is 29.5. The highest BCUT2D eigenvalue weighted by Crippen LogP contribution is 2.24. The van der Waals surface area contributed by atoms with E-state index in [1.165, 1.54) is 0 Å². The zero-order valence-electron chi connectivity index (χ0n) is 8.11. The second kappa shape index (κ2) is 3.44. The Morgan fingerprint density at radius 3 is 2.75 bits per heavy atom. The molecule has 3 nitrogen and oxygen atoms in total. The minimum Gasteiger partial charge on any atom is -0.356 e. The summed E-state index contributed by atoms with van der Waals surface area (Å²) < 4.78 is 0. The Kier molecular flexibility index (Phi) is 2.73. The molecule has 0 saturated carbocycles. The molecule has 1 unspecified atom stereocenters. The highest BCUT2D eigenvalue weighted by Gasteiger charge is 2.37. The lowest BCUT2D eigenvalue weighted by Gasteiger charge is -2.22. The van der Waals surface area contributed by atoms with Crippen LogP contribution in [-0.4, -0.2) is 25.0 Å². The molecule has 1 saturated heterocycles. The number of carbonyl (C=O) groups is 1. The standard InChI is InChI=1S/C9H18N2O/c1-7(2)11-6-9(3)4-5-10-8(9)12/h7,11H,4-6H2,1-3H3,(H,10,12). The highest BCUT2D eigenvalue weighted by atomic mass is 16.2. The first-order chi connectivity index (χ1) is 5.54. The summed E-state index contributed by atoms with van der Waals surface area (Å²) in [6.45, 7) is 7.82. The summed E-state index contributed by atoms with van der Waals surface area (Å²) in [7, 11) is 0. The summed E-state index contributed by atoms with van der Waals surface area (Å²) >= 11 is 0. The lowest BCUT2D eigenvalue weighted by molar-refractivity contribution is -0.126. The van der Waals surface area contributed by atoms with Gasteiger partial charge in [-0.25, -0.2) is 0 Å². The van der Waals surface area contributed by atoms with E-state index in [-0.39, 0.29) is 11.3 Å². The molecule has 3 heteroatoms. The first-order valence-corrected chi connectivity index (χ1v) is 4.56. The van der Waals surface area contributed by atoms with E-state index in [1.54, 1.807) is 0 Å². The maximum absolute atomic E-state index is 11.4. The zero-order chi connectivity index (χ0) is 9.19. The molecule has 0 aromatic rings. The Labute approximate surface area is 73.9 Å². The van der Waals surface area contributed by atoms with Crippen LogP contribution in [0.1, 0.15) is 27.2 Å². The number of hydrogen-bond acceptors (Lipinski definition) is 2. The fourth-order valence-electron chi connectivity index (χ4n) is 1.38. The van der Waals surface area contributed by atoms with E-state index in [4.69, 9.17) is 0 Å². The third-order valence-electron chi connectivity index (χ3n) is 2.41. The second-order valence-electron chi connectivity index (χ2n) is 4.10. The molecule has 0 radical (unpaired) electrons. The molecule has 0 aromatic carbocycles. The minimum absolute atomic E-state index is 0.176. The van der Waals surface area contributed by atoms with Gasteiger partial charge >= 0.3 is 0 Å². The third kappa shape index (κ3) is 1.97. The third-order valence-corrected chi connectivity index (χ3v) is 2.41. The van der Waals surface area contributed by atoms with Crippen LogP contribution >= 0.6 is 0 Å². The number of nitrogens with one attached hydrogen (secondary N) is 2. The van der Waals surface area contributed by atoms with Crippen molar-refractivity contribution in [2.75, 3.05) is 13.1 Å². The van der Waals surface area contributed by atoms with Crippen molar-refractivity contribution in [3.8, 4) is 0 Å². The van der Waals surface area contributed by atoms with Gasteiger partial charge in [0.25, 0.3) is 0 Å². The van der Waals surface area contributed by atoms with Crippen LogP contribution < -0.4 is 10.6 Å². The van der Waals surface area contributed by atoms with Crippen molar-refractivity contribution in [3.05, 3.63) is 0 Å². The molecule has 1 aliphatic rings. The van der Waals surface area contributed by atoms with Gasteiger partial charge in [0.1, 0.15) is 0 Å². The molecule has 0 aromatic heterocycles. The summed E-state index contributed by atoms with van der Waals surface area (Å²) in [6, 6.07) is 0.454. The zero-order valence-corrected chi connectivity index (χ0v) is 8.11. The van der Waals surface area contributed by atoms with Crippen LogP contribution in [0.4, 0.5) is 0 Å². The molecule has 0 aliphatic carbocycles. The van der Waals surface area contributed by atoms with E-state index in [0.29, 0.717) is 6.04 Å². The van der Waals surface area contributed by atoms with E-state index in [0.717, 1.165) is 19.5 Å². The number of hydrogen-bond donors (Lipinski definition) is 2. The van der Waals surface area contributed by atoms with Gasteiger partial charge in [-0.15, -0.1) is 0 Å². The van der Waals surface area contributed by atoms with Crippen LogP contribution in [-0.2, 0) is 4.79 Å². The van der Waals surface area contributed by atoms with Crippen LogP contribution in [0.25, 0.3) is 0 Å². The number of carbonyl (C=O) groups excluding carboxylic acids is 1. The summed E-state index contributed by atoms with van der Waals surface area (Å²) in [5.74, 6) is 0.190. The topological polar surface area (TPSA) is 41.1 Å². The lowest BCUT2D eigenvalue weighted by Crippen LogP contribution is -2.40. The average Bonchev–Trinajstić information content (AvgIpc) is 2.30. The van der Waals surface area contributed by atoms with Crippen molar-refractivity contribution in [2.24, 2.45) is 5.41 Å². The Morgan fingerprint density at radius 1 is 1.67 bits per heavy atom. The van der Waals surface area contributed by atoms with E-state index in [9.17, 15) is 4.79 Å². The maximum atomic E-state index is 11.4. The summed E-state index contributed by atoms with van der Waals surface area (Å²) in [6.07, 6.45) is 0.950. The smallest absolute Gasteiger partial charge is 0.227 e. The van der Waals surface area contributed by atoms with Crippen LogP contribution in [0.15, 0.2) is 0 Å². The number of rotatable bonds is 3. The first kappa shape index (κ1) is 9.52. The second-order valence-corrected chi connectivity index (χ2v) is 4.10. The predicted molar refractivity (Wildman–Crippen MR) is 48.9 cm³/mol. The molecule has 1 aliphatic heterocycles. The van der Waals surface area contributed by atoms with E-state index >= 15 is 0 Å². The largest absolute Gasteiger partial charge is 0.356 e. The van der Waals surface area contributed by atoms with Gasteiger partial charge in [-0.2, -0.15) is 0 Å². The Hall–Kier alpha value is -0.570. The molecule has 1 fully saturated rings. The maximum Gasteiger partial charge on any atom is 0.227 e. The van der Waals surface area contributed by atoms with Crippen LogP contribution in [0.3, 0.4) is 0 Å². The van der Waals surface area contributed by atoms with E-state index in [1.807, 2.05) is 6.92 Å². The van der Waals surface area contributed by atoms with Crippen LogP contribution in [0.5, 0.6) is 0 Å². The van der Waals surface area contributed by atoms with Gasteiger partial charge < -0.3 is 10.6 Å².